The zero-order valence-corrected chi connectivity index (χ0v) is 23.6. The molecule has 0 spiro atoms. The molecule has 0 N–H and O–H groups in total. The van der Waals surface area contributed by atoms with Gasteiger partial charge in [-0.05, 0) is 90.6 Å². The Kier molecular flexibility index (Phi) is 7.75. The molecule has 2 aromatic heterocycles. The highest BCUT2D eigenvalue weighted by atomic mass is 19.3. The molecule has 1 saturated carbocycles. The molecule has 6 rings (SSSR count). The summed E-state index contributed by atoms with van der Waals surface area (Å²) in [6.07, 6.45) is 5.50. The van der Waals surface area contributed by atoms with Gasteiger partial charge in [-0.15, -0.1) is 0 Å². The molecule has 0 atom stereocenters. The Hall–Kier alpha value is -4.50. The van der Waals surface area contributed by atoms with Crippen LogP contribution in [0.15, 0.2) is 77.5 Å². The number of hydrogen-bond donors (Lipinski definition) is 0. The molecule has 1 fully saturated rings. The molecule has 3 aromatic carbocycles. The fourth-order valence-electron chi connectivity index (χ4n) is 6.16. The first-order chi connectivity index (χ1) is 20.9. The lowest BCUT2D eigenvalue weighted by Crippen LogP contribution is -2.48. The minimum Gasteiger partial charge on any atom is -0.496 e. The Bertz CT molecular complexity index is 1760. The van der Waals surface area contributed by atoms with Crippen molar-refractivity contribution in [2.24, 2.45) is 0 Å². The van der Waals surface area contributed by atoms with Gasteiger partial charge in [0.1, 0.15) is 28.7 Å². The van der Waals surface area contributed by atoms with Gasteiger partial charge in [0.05, 0.1) is 24.2 Å². The highest BCUT2D eigenvalue weighted by Gasteiger charge is 2.52. The highest BCUT2D eigenvalue weighted by molar-refractivity contribution is 6.04. The second-order valence-corrected chi connectivity index (χ2v) is 10.7. The van der Waals surface area contributed by atoms with Gasteiger partial charge < -0.3 is 13.9 Å². The van der Waals surface area contributed by atoms with Crippen LogP contribution in [-0.4, -0.2) is 36.1 Å². The Morgan fingerprint density at radius 1 is 1.05 bits per heavy atom. The first kappa shape index (κ1) is 28.6. The van der Waals surface area contributed by atoms with Crippen molar-refractivity contribution in [3.63, 3.8) is 0 Å². The number of carbonyl (C=O) groups is 1. The van der Waals surface area contributed by atoms with Gasteiger partial charge in [0.15, 0.2) is 6.29 Å². The van der Waals surface area contributed by atoms with Crippen molar-refractivity contribution in [1.82, 2.24) is 9.97 Å². The number of benzene rings is 3. The third kappa shape index (κ3) is 5.18. The van der Waals surface area contributed by atoms with Gasteiger partial charge in [-0.2, -0.15) is 8.78 Å². The zero-order chi connectivity index (χ0) is 30.1. The van der Waals surface area contributed by atoms with Crippen molar-refractivity contribution in [2.45, 2.75) is 50.7 Å². The summed E-state index contributed by atoms with van der Waals surface area (Å²) in [7, 11) is 1.57. The first-order valence-corrected chi connectivity index (χ1v) is 14.1. The van der Waals surface area contributed by atoms with Crippen molar-refractivity contribution in [3.05, 3.63) is 101 Å². The summed E-state index contributed by atoms with van der Waals surface area (Å²) < 4.78 is 56.6. The summed E-state index contributed by atoms with van der Waals surface area (Å²) in [6.45, 7) is -0.798. The van der Waals surface area contributed by atoms with E-state index in [-0.39, 0.29) is 18.7 Å². The standard InChI is InChI=1S/C34H29F3N2O4/c1-3-5-21-15-30-26(27(19-40)31(43-30)20-6-9-23(35)10-7-20)16-25(21)22-8-11-29(41-2)28(14-22)34(32-38-12-4-13-39-32)17-24(18-34)42-33(36)37/h4,6-16,19,24,33H,3,5,17-18H2,1-2H3. The highest BCUT2D eigenvalue weighted by Crippen LogP contribution is 2.53. The minimum atomic E-state index is -2.88. The third-order valence-corrected chi connectivity index (χ3v) is 8.16. The van der Waals surface area contributed by atoms with Crippen LogP contribution in [0.5, 0.6) is 5.75 Å². The van der Waals surface area contributed by atoms with Crippen LogP contribution in [0.3, 0.4) is 0 Å². The van der Waals surface area contributed by atoms with Gasteiger partial charge in [-0.1, -0.05) is 19.4 Å². The lowest BCUT2D eigenvalue weighted by molar-refractivity contribution is -0.192. The van der Waals surface area contributed by atoms with E-state index in [2.05, 4.69) is 16.9 Å². The number of furan rings is 1. The molecule has 0 aliphatic heterocycles. The summed E-state index contributed by atoms with van der Waals surface area (Å²) in [5, 5.41) is 0.636. The van der Waals surface area contributed by atoms with Gasteiger partial charge in [-0.3, -0.25) is 4.79 Å². The number of ether oxygens (including phenoxy) is 2. The van der Waals surface area contributed by atoms with Gasteiger partial charge in [-0.25, -0.2) is 14.4 Å². The normalized spacial score (nSPS) is 18.1. The number of fused-ring (bicyclic) bond motifs is 1. The van der Waals surface area contributed by atoms with Crippen LogP contribution in [0.2, 0.25) is 0 Å². The van der Waals surface area contributed by atoms with E-state index in [0.717, 1.165) is 41.4 Å². The Morgan fingerprint density at radius 2 is 1.77 bits per heavy atom. The van der Waals surface area contributed by atoms with Gasteiger partial charge >= 0.3 is 6.61 Å². The van der Waals surface area contributed by atoms with Crippen LogP contribution in [-0.2, 0) is 16.6 Å². The Balaban J connectivity index is 1.52. The van der Waals surface area contributed by atoms with Crippen LogP contribution in [0.25, 0.3) is 33.4 Å². The number of aldehydes is 1. The number of alkyl halides is 2. The number of halogens is 3. The van der Waals surface area contributed by atoms with E-state index in [0.29, 0.717) is 39.4 Å². The molecule has 6 nitrogen and oxygen atoms in total. The SMILES string of the molecule is CCCc1cc2oc(-c3ccc(F)cc3)c(C=O)c2cc1-c1ccc(OC)c(C2(c3ncccn3)CC(OC(F)F)C2)c1. The summed E-state index contributed by atoms with van der Waals surface area (Å²) in [5.41, 5.74) is 4.28. The number of hydrogen-bond acceptors (Lipinski definition) is 6. The number of nitrogens with zero attached hydrogens (tertiary/aromatic N) is 2. The third-order valence-electron chi connectivity index (χ3n) is 8.16. The van der Waals surface area contributed by atoms with Crippen LogP contribution in [0, 0.1) is 5.82 Å². The molecule has 2 heterocycles. The second-order valence-electron chi connectivity index (χ2n) is 10.7. The summed E-state index contributed by atoms with van der Waals surface area (Å²) in [5.74, 6) is 1.08. The summed E-state index contributed by atoms with van der Waals surface area (Å²) in [4.78, 5) is 21.4. The molecule has 0 unspecified atom stereocenters. The molecule has 1 aliphatic carbocycles. The lowest BCUT2D eigenvalue weighted by Gasteiger charge is -2.46. The maximum Gasteiger partial charge on any atom is 0.345 e. The van der Waals surface area contributed by atoms with Crippen molar-refractivity contribution >= 4 is 17.3 Å². The van der Waals surface area contributed by atoms with E-state index in [9.17, 15) is 18.0 Å². The van der Waals surface area contributed by atoms with Crippen LogP contribution in [0.1, 0.15) is 53.5 Å². The van der Waals surface area contributed by atoms with Crippen LogP contribution < -0.4 is 4.74 Å². The van der Waals surface area contributed by atoms with E-state index in [4.69, 9.17) is 13.9 Å². The van der Waals surface area contributed by atoms with Crippen molar-refractivity contribution in [3.8, 4) is 28.2 Å². The average molecular weight is 587 g/mol. The molecule has 0 amide bonds. The fourth-order valence-corrected chi connectivity index (χ4v) is 6.16. The van der Waals surface area contributed by atoms with Crippen molar-refractivity contribution in [2.75, 3.05) is 7.11 Å². The Morgan fingerprint density at radius 3 is 2.42 bits per heavy atom. The van der Waals surface area contributed by atoms with E-state index in [1.165, 1.54) is 12.1 Å². The molecule has 0 saturated heterocycles. The molecule has 220 valence electrons. The molecule has 0 bridgehead atoms. The first-order valence-electron chi connectivity index (χ1n) is 14.1. The van der Waals surface area contributed by atoms with E-state index >= 15 is 0 Å². The maximum absolute atomic E-state index is 13.6. The van der Waals surface area contributed by atoms with Gasteiger partial charge in [0.2, 0.25) is 0 Å². The van der Waals surface area contributed by atoms with E-state index in [1.807, 2.05) is 30.3 Å². The summed E-state index contributed by atoms with van der Waals surface area (Å²) >= 11 is 0. The largest absolute Gasteiger partial charge is 0.496 e. The van der Waals surface area contributed by atoms with Gasteiger partial charge in [0, 0.05) is 28.9 Å². The minimum absolute atomic E-state index is 0.264. The van der Waals surface area contributed by atoms with Crippen LogP contribution >= 0.6 is 0 Å². The maximum atomic E-state index is 13.6. The molecule has 43 heavy (non-hydrogen) atoms. The zero-order valence-electron chi connectivity index (χ0n) is 23.6. The second kappa shape index (κ2) is 11.6. The number of carbonyl (C=O) groups excluding carboxylic acids is 1. The number of methoxy groups -OCH3 is 1. The van der Waals surface area contributed by atoms with Crippen molar-refractivity contribution in [1.29, 1.82) is 0 Å². The molecular formula is C34H29F3N2O4. The van der Waals surface area contributed by atoms with Gasteiger partial charge in [0.25, 0.3) is 0 Å². The smallest absolute Gasteiger partial charge is 0.345 e. The Labute approximate surface area is 246 Å². The quantitative estimate of drug-likeness (QED) is 0.154. The average Bonchev–Trinajstić information content (AvgIpc) is 3.36. The molecule has 0 radical (unpaired) electrons. The van der Waals surface area contributed by atoms with Crippen LogP contribution in [0.4, 0.5) is 13.2 Å². The predicted octanol–water partition coefficient (Wildman–Crippen LogP) is 8.16. The van der Waals surface area contributed by atoms with Crippen molar-refractivity contribution < 1.29 is 31.9 Å². The predicted molar refractivity (Wildman–Crippen MR) is 156 cm³/mol. The fraction of sp³-hybridized carbons (Fsp3) is 0.265. The molecule has 1 aliphatic rings. The number of aryl methyl sites for hydroxylation is 1. The number of aromatic nitrogens is 2. The topological polar surface area (TPSA) is 74.5 Å². The lowest BCUT2D eigenvalue weighted by atomic mass is 9.61. The molecular weight excluding hydrogens is 557 g/mol. The number of rotatable bonds is 10. The summed E-state index contributed by atoms with van der Waals surface area (Å²) in [6, 6.07) is 17.2. The molecule has 5 aromatic rings. The monoisotopic (exact) mass is 586 g/mol. The van der Waals surface area contributed by atoms with E-state index in [1.54, 1.807) is 37.7 Å². The van der Waals surface area contributed by atoms with E-state index < -0.39 is 18.1 Å². The molecule has 9 heteroatoms.